The summed E-state index contributed by atoms with van der Waals surface area (Å²) in [4.78, 5) is 13.8. The van der Waals surface area contributed by atoms with Crippen molar-refractivity contribution in [2.75, 3.05) is 7.05 Å². The van der Waals surface area contributed by atoms with Gasteiger partial charge in [-0.2, -0.15) is 0 Å². The Kier molecular flexibility index (Phi) is 3.84. The fraction of sp³-hybridized carbons (Fsp3) is 0.167. The Labute approximate surface area is 124 Å². The molecule has 0 aliphatic carbocycles. The standard InChI is InChI=1S/C18H17NO2/c1-19(13-12-14-8-4-2-5-9-14)18(20)17-16(21-17)15-10-6-3-7-11-15/h2-13,16-17H,1H3/b13-12+. The van der Waals surface area contributed by atoms with Gasteiger partial charge in [0.2, 0.25) is 0 Å². The van der Waals surface area contributed by atoms with Gasteiger partial charge in [-0.05, 0) is 17.2 Å². The molecule has 1 heterocycles. The first kappa shape index (κ1) is 13.6. The Morgan fingerprint density at radius 2 is 1.67 bits per heavy atom. The Hall–Kier alpha value is -2.39. The van der Waals surface area contributed by atoms with E-state index in [1.54, 1.807) is 18.1 Å². The summed E-state index contributed by atoms with van der Waals surface area (Å²) in [5.74, 6) is -0.0176. The molecule has 0 saturated carbocycles. The fourth-order valence-electron chi connectivity index (χ4n) is 2.23. The van der Waals surface area contributed by atoms with Crippen LogP contribution in [-0.4, -0.2) is 24.0 Å². The SMILES string of the molecule is CN(/C=C/c1ccccc1)C(=O)C1OC1c1ccccc1. The second-order valence-electron chi connectivity index (χ2n) is 5.06. The van der Waals surface area contributed by atoms with Crippen molar-refractivity contribution < 1.29 is 9.53 Å². The van der Waals surface area contributed by atoms with E-state index in [1.807, 2.05) is 66.7 Å². The zero-order valence-corrected chi connectivity index (χ0v) is 11.8. The van der Waals surface area contributed by atoms with E-state index < -0.39 is 0 Å². The Bertz CT molecular complexity index is 637. The first-order valence-corrected chi connectivity index (χ1v) is 6.96. The molecule has 3 heteroatoms. The summed E-state index contributed by atoms with van der Waals surface area (Å²) in [6.07, 6.45) is 3.23. The van der Waals surface area contributed by atoms with Gasteiger partial charge in [-0.1, -0.05) is 60.7 Å². The second-order valence-corrected chi connectivity index (χ2v) is 5.06. The van der Waals surface area contributed by atoms with Crippen molar-refractivity contribution in [3.05, 3.63) is 78.0 Å². The lowest BCUT2D eigenvalue weighted by Crippen LogP contribution is -2.26. The molecule has 0 radical (unpaired) electrons. The van der Waals surface area contributed by atoms with Gasteiger partial charge in [0.05, 0.1) is 0 Å². The van der Waals surface area contributed by atoms with E-state index >= 15 is 0 Å². The van der Waals surface area contributed by atoms with Gasteiger partial charge < -0.3 is 9.64 Å². The minimum Gasteiger partial charge on any atom is -0.354 e. The molecule has 1 fully saturated rings. The van der Waals surface area contributed by atoms with Crippen LogP contribution >= 0.6 is 0 Å². The zero-order valence-electron chi connectivity index (χ0n) is 11.8. The van der Waals surface area contributed by atoms with Crippen LogP contribution in [0.3, 0.4) is 0 Å². The maximum absolute atomic E-state index is 12.3. The normalized spacial score (nSPS) is 20.4. The second kappa shape index (κ2) is 5.94. The maximum atomic E-state index is 12.3. The molecule has 106 valence electrons. The molecule has 3 rings (SSSR count). The monoisotopic (exact) mass is 279 g/mol. The summed E-state index contributed by atoms with van der Waals surface area (Å²) in [5.41, 5.74) is 2.12. The molecule has 2 atom stereocenters. The van der Waals surface area contributed by atoms with Crippen LogP contribution in [0.2, 0.25) is 0 Å². The van der Waals surface area contributed by atoms with E-state index in [-0.39, 0.29) is 18.1 Å². The van der Waals surface area contributed by atoms with Crippen molar-refractivity contribution in [3.8, 4) is 0 Å². The number of carbonyl (C=O) groups excluding carboxylic acids is 1. The predicted octanol–water partition coefficient (Wildman–Crippen LogP) is 3.26. The van der Waals surface area contributed by atoms with Crippen LogP contribution in [0.4, 0.5) is 0 Å². The van der Waals surface area contributed by atoms with Gasteiger partial charge in [0.15, 0.2) is 6.10 Å². The summed E-state index contributed by atoms with van der Waals surface area (Å²) in [7, 11) is 1.76. The molecule has 0 N–H and O–H groups in total. The average Bonchev–Trinajstić information content (AvgIpc) is 3.34. The van der Waals surface area contributed by atoms with Gasteiger partial charge >= 0.3 is 0 Å². The van der Waals surface area contributed by atoms with E-state index in [0.717, 1.165) is 11.1 Å². The smallest absolute Gasteiger partial charge is 0.258 e. The number of nitrogens with zero attached hydrogens (tertiary/aromatic N) is 1. The zero-order chi connectivity index (χ0) is 14.7. The Morgan fingerprint density at radius 3 is 2.33 bits per heavy atom. The lowest BCUT2D eigenvalue weighted by molar-refractivity contribution is -0.128. The molecular weight excluding hydrogens is 262 g/mol. The van der Waals surface area contributed by atoms with Gasteiger partial charge in [-0.15, -0.1) is 0 Å². The first-order chi connectivity index (χ1) is 10.3. The molecule has 1 saturated heterocycles. The third-order valence-corrected chi connectivity index (χ3v) is 3.50. The first-order valence-electron chi connectivity index (χ1n) is 6.96. The van der Waals surface area contributed by atoms with Crippen LogP contribution in [0.15, 0.2) is 66.9 Å². The van der Waals surface area contributed by atoms with Crippen LogP contribution < -0.4 is 0 Å². The third-order valence-electron chi connectivity index (χ3n) is 3.50. The molecule has 2 aromatic carbocycles. The van der Waals surface area contributed by atoms with Gasteiger partial charge in [-0.3, -0.25) is 4.79 Å². The van der Waals surface area contributed by atoms with Crippen LogP contribution in [0.25, 0.3) is 6.08 Å². The van der Waals surface area contributed by atoms with E-state index in [9.17, 15) is 4.79 Å². The van der Waals surface area contributed by atoms with Gasteiger partial charge in [0.25, 0.3) is 5.91 Å². The maximum Gasteiger partial charge on any atom is 0.258 e. The number of rotatable bonds is 4. The topological polar surface area (TPSA) is 32.8 Å². The van der Waals surface area contributed by atoms with E-state index in [2.05, 4.69) is 0 Å². The molecule has 1 aliphatic rings. The lowest BCUT2D eigenvalue weighted by atomic mass is 10.1. The number of likely N-dealkylation sites (N-methyl/N-ethyl adjacent to an activating group) is 1. The highest BCUT2D eigenvalue weighted by atomic mass is 16.6. The quantitative estimate of drug-likeness (QED) is 0.805. The number of ether oxygens (including phenoxy) is 1. The molecule has 0 aromatic heterocycles. The van der Waals surface area contributed by atoms with Crippen molar-refractivity contribution in [3.63, 3.8) is 0 Å². The van der Waals surface area contributed by atoms with E-state index in [4.69, 9.17) is 4.74 Å². The van der Waals surface area contributed by atoms with Crippen molar-refractivity contribution in [1.29, 1.82) is 0 Å². The van der Waals surface area contributed by atoms with Crippen molar-refractivity contribution in [2.45, 2.75) is 12.2 Å². The molecule has 1 amide bonds. The molecule has 0 spiro atoms. The lowest BCUT2D eigenvalue weighted by Gasteiger charge is -2.10. The molecule has 21 heavy (non-hydrogen) atoms. The van der Waals surface area contributed by atoms with Gasteiger partial charge in [0.1, 0.15) is 6.10 Å². The summed E-state index contributed by atoms with van der Waals surface area (Å²) < 4.78 is 5.51. The van der Waals surface area contributed by atoms with Crippen LogP contribution in [0.1, 0.15) is 17.2 Å². The molecule has 1 aliphatic heterocycles. The number of carbonyl (C=O) groups is 1. The predicted molar refractivity (Wildman–Crippen MR) is 82.3 cm³/mol. The number of hydrogen-bond donors (Lipinski definition) is 0. The molecule has 2 aromatic rings. The third kappa shape index (κ3) is 3.20. The van der Waals surface area contributed by atoms with Crippen molar-refractivity contribution >= 4 is 12.0 Å². The van der Waals surface area contributed by atoms with E-state index in [1.165, 1.54) is 0 Å². The van der Waals surface area contributed by atoms with Gasteiger partial charge in [-0.25, -0.2) is 0 Å². The minimum absolute atomic E-state index is 0.0176. The number of hydrogen-bond acceptors (Lipinski definition) is 2. The summed E-state index contributed by atoms with van der Waals surface area (Å²) in [6.45, 7) is 0. The Morgan fingerprint density at radius 1 is 1.05 bits per heavy atom. The van der Waals surface area contributed by atoms with Crippen molar-refractivity contribution in [2.24, 2.45) is 0 Å². The van der Waals surface area contributed by atoms with Crippen LogP contribution in [0, 0.1) is 0 Å². The number of amides is 1. The van der Waals surface area contributed by atoms with Crippen molar-refractivity contribution in [1.82, 2.24) is 4.90 Å². The molecule has 0 bridgehead atoms. The largest absolute Gasteiger partial charge is 0.354 e. The summed E-state index contributed by atoms with van der Waals surface area (Å²) in [6, 6.07) is 19.7. The van der Waals surface area contributed by atoms with Crippen LogP contribution in [0.5, 0.6) is 0 Å². The molecule has 2 unspecified atom stereocenters. The van der Waals surface area contributed by atoms with Gasteiger partial charge in [0, 0.05) is 13.2 Å². The summed E-state index contributed by atoms with van der Waals surface area (Å²) >= 11 is 0. The van der Waals surface area contributed by atoms with E-state index in [0.29, 0.717) is 0 Å². The highest BCUT2D eigenvalue weighted by Crippen LogP contribution is 2.39. The minimum atomic E-state index is -0.363. The number of benzene rings is 2. The molecular formula is C18H17NO2. The average molecular weight is 279 g/mol. The summed E-state index contributed by atoms with van der Waals surface area (Å²) in [5, 5.41) is 0. The highest BCUT2D eigenvalue weighted by Gasteiger charge is 2.46. The Balaban J connectivity index is 1.60. The number of epoxide rings is 1. The fourth-order valence-corrected chi connectivity index (χ4v) is 2.23. The highest BCUT2D eigenvalue weighted by molar-refractivity contribution is 5.85. The molecule has 3 nitrogen and oxygen atoms in total. The van der Waals surface area contributed by atoms with Crippen LogP contribution in [-0.2, 0) is 9.53 Å².